The molecule has 1 rings (SSSR count). The van der Waals surface area contributed by atoms with Crippen molar-refractivity contribution in [2.24, 2.45) is 0 Å². The Bertz CT molecular complexity index is 509. The van der Waals surface area contributed by atoms with Crippen molar-refractivity contribution in [1.29, 1.82) is 5.26 Å². The van der Waals surface area contributed by atoms with Gasteiger partial charge in [-0.3, -0.25) is 0 Å². The number of phenolic OH excluding ortho intramolecular Hbond substituents is 1. The number of rotatable bonds is 2. The first-order chi connectivity index (χ1) is 7.99. The highest BCUT2D eigenvalue weighted by Crippen LogP contribution is 2.33. The van der Waals surface area contributed by atoms with E-state index in [4.69, 9.17) is 28.5 Å². The SMILES string of the molecule is COC(=O)C(C#N)=Cc1cc(Cl)c(O)c(Cl)c1. The van der Waals surface area contributed by atoms with E-state index >= 15 is 0 Å². The molecule has 0 fully saturated rings. The van der Waals surface area contributed by atoms with Crippen LogP contribution in [-0.2, 0) is 9.53 Å². The molecule has 1 N–H and O–H groups in total. The number of methoxy groups -OCH3 is 1. The Morgan fingerprint density at radius 1 is 1.47 bits per heavy atom. The molecule has 0 atom stereocenters. The lowest BCUT2D eigenvalue weighted by Crippen LogP contribution is -2.02. The topological polar surface area (TPSA) is 70.3 Å². The Labute approximate surface area is 108 Å². The quantitative estimate of drug-likeness (QED) is 0.510. The van der Waals surface area contributed by atoms with Crippen molar-refractivity contribution in [2.45, 2.75) is 0 Å². The van der Waals surface area contributed by atoms with E-state index < -0.39 is 5.97 Å². The second-order valence-corrected chi connectivity index (χ2v) is 3.81. The number of aromatic hydroxyl groups is 1. The molecule has 4 nitrogen and oxygen atoms in total. The molecule has 6 heteroatoms. The molecule has 0 unspecified atom stereocenters. The fraction of sp³-hybridized carbons (Fsp3) is 0.0909. The zero-order chi connectivity index (χ0) is 13.0. The van der Waals surface area contributed by atoms with Crippen LogP contribution >= 0.6 is 23.2 Å². The molecule has 88 valence electrons. The summed E-state index contributed by atoms with van der Waals surface area (Å²) in [5, 5.41) is 18.2. The number of halogens is 2. The Morgan fingerprint density at radius 3 is 2.41 bits per heavy atom. The molecule has 0 heterocycles. The smallest absolute Gasteiger partial charge is 0.348 e. The molecule has 17 heavy (non-hydrogen) atoms. The van der Waals surface area contributed by atoms with Crippen molar-refractivity contribution in [2.75, 3.05) is 7.11 Å². The van der Waals surface area contributed by atoms with E-state index in [2.05, 4.69) is 4.74 Å². The molecule has 1 aromatic rings. The molecule has 1 aromatic carbocycles. The first-order valence-electron chi connectivity index (χ1n) is 4.37. The van der Waals surface area contributed by atoms with Gasteiger partial charge in [0.25, 0.3) is 0 Å². The van der Waals surface area contributed by atoms with Crippen LogP contribution in [0, 0.1) is 11.3 Å². The Hall–Kier alpha value is -1.70. The van der Waals surface area contributed by atoms with Gasteiger partial charge in [0.05, 0.1) is 17.2 Å². The van der Waals surface area contributed by atoms with Crippen LogP contribution in [0.15, 0.2) is 17.7 Å². The highest BCUT2D eigenvalue weighted by atomic mass is 35.5. The number of esters is 1. The van der Waals surface area contributed by atoms with Crippen LogP contribution < -0.4 is 0 Å². The van der Waals surface area contributed by atoms with Crippen molar-refractivity contribution < 1.29 is 14.6 Å². The average molecular weight is 272 g/mol. The van der Waals surface area contributed by atoms with Gasteiger partial charge < -0.3 is 9.84 Å². The van der Waals surface area contributed by atoms with Crippen LogP contribution in [0.3, 0.4) is 0 Å². The van der Waals surface area contributed by atoms with E-state index in [0.29, 0.717) is 5.56 Å². The van der Waals surface area contributed by atoms with Gasteiger partial charge >= 0.3 is 5.97 Å². The number of ether oxygens (including phenoxy) is 1. The van der Waals surface area contributed by atoms with Gasteiger partial charge in [0.1, 0.15) is 11.6 Å². The summed E-state index contributed by atoms with van der Waals surface area (Å²) in [7, 11) is 1.17. The number of benzene rings is 1. The van der Waals surface area contributed by atoms with Gasteiger partial charge in [-0.25, -0.2) is 4.79 Å². The predicted octanol–water partition coefficient (Wildman–Crippen LogP) is 2.78. The van der Waals surface area contributed by atoms with Crippen molar-refractivity contribution >= 4 is 35.2 Å². The predicted molar refractivity (Wildman–Crippen MR) is 63.7 cm³/mol. The summed E-state index contributed by atoms with van der Waals surface area (Å²) in [5.74, 6) is -1.00. The maximum absolute atomic E-state index is 11.2. The molecule has 0 aromatic heterocycles. The molecular formula is C11H7Cl2NO3. The Kier molecular flexibility index (Phi) is 4.38. The maximum Gasteiger partial charge on any atom is 0.348 e. The normalized spacial score (nSPS) is 10.8. The summed E-state index contributed by atoms with van der Waals surface area (Å²) in [6.07, 6.45) is 1.27. The number of nitrogens with zero attached hydrogens (tertiary/aromatic N) is 1. The third-order valence-corrected chi connectivity index (χ3v) is 2.45. The minimum absolute atomic E-state index is 0.0332. The zero-order valence-electron chi connectivity index (χ0n) is 8.70. The van der Waals surface area contributed by atoms with Gasteiger partial charge in [0.2, 0.25) is 0 Å². The summed E-state index contributed by atoms with van der Waals surface area (Å²) >= 11 is 11.4. The fourth-order valence-electron chi connectivity index (χ4n) is 1.08. The van der Waals surface area contributed by atoms with E-state index in [-0.39, 0.29) is 21.4 Å². The van der Waals surface area contributed by atoms with Crippen LogP contribution in [0.5, 0.6) is 5.75 Å². The minimum Gasteiger partial charge on any atom is -0.505 e. The van der Waals surface area contributed by atoms with Gasteiger partial charge in [0, 0.05) is 0 Å². The molecule has 0 amide bonds. The number of hydrogen-bond donors (Lipinski definition) is 1. The van der Waals surface area contributed by atoms with Crippen molar-refractivity contribution in [1.82, 2.24) is 0 Å². The van der Waals surface area contributed by atoms with E-state index in [1.807, 2.05) is 0 Å². The zero-order valence-corrected chi connectivity index (χ0v) is 10.2. The van der Waals surface area contributed by atoms with Crippen LogP contribution in [0.2, 0.25) is 10.0 Å². The lowest BCUT2D eigenvalue weighted by molar-refractivity contribution is -0.135. The first kappa shape index (κ1) is 13.4. The molecule has 0 aliphatic rings. The van der Waals surface area contributed by atoms with E-state index in [1.54, 1.807) is 6.07 Å². The fourth-order valence-corrected chi connectivity index (χ4v) is 1.59. The van der Waals surface area contributed by atoms with Crippen molar-refractivity contribution in [3.05, 3.63) is 33.3 Å². The van der Waals surface area contributed by atoms with Crippen molar-refractivity contribution in [3.63, 3.8) is 0 Å². The van der Waals surface area contributed by atoms with E-state index in [0.717, 1.165) is 0 Å². The number of phenols is 1. The molecule has 0 aliphatic heterocycles. The Morgan fingerprint density at radius 2 is 2.00 bits per heavy atom. The molecule has 0 saturated heterocycles. The number of carbonyl (C=O) groups excluding carboxylic acids is 1. The highest BCUT2D eigenvalue weighted by Gasteiger charge is 2.10. The number of carbonyl (C=O) groups is 1. The lowest BCUT2D eigenvalue weighted by atomic mass is 10.1. The maximum atomic E-state index is 11.2. The summed E-state index contributed by atoms with van der Waals surface area (Å²) in [6.45, 7) is 0. The third-order valence-electron chi connectivity index (χ3n) is 1.88. The third kappa shape index (κ3) is 3.13. The van der Waals surface area contributed by atoms with Crippen molar-refractivity contribution in [3.8, 4) is 11.8 Å². The van der Waals surface area contributed by atoms with Gasteiger partial charge in [-0.2, -0.15) is 5.26 Å². The monoisotopic (exact) mass is 271 g/mol. The summed E-state index contributed by atoms with van der Waals surface area (Å²) < 4.78 is 4.41. The van der Waals surface area contributed by atoms with Crippen LogP contribution in [0.4, 0.5) is 0 Å². The molecule has 0 saturated carbocycles. The minimum atomic E-state index is -0.757. The lowest BCUT2D eigenvalue weighted by Gasteiger charge is -2.02. The van der Waals surface area contributed by atoms with Crippen LogP contribution in [0.1, 0.15) is 5.56 Å². The van der Waals surface area contributed by atoms with Gasteiger partial charge in [0.15, 0.2) is 5.75 Å². The summed E-state index contributed by atoms with van der Waals surface area (Å²) in [4.78, 5) is 11.2. The number of nitriles is 1. The molecular weight excluding hydrogens is 265 g/mol. The van der Waals surface area contributed by atoms with Gasteiger partial charge in [-0.1, -0.05) is 23.2 Å². The standard InChI is InChI=1S/C11H7Cl2NO3/c1-17-11(16)7(5-14)2-6-3-8(12)10(15)9(13)4-6/h2-4,15H,1H3. The van der Waals surface area contributed by atoms with E-state index in [9.17, 15) is 9.90 Å². The molecule has 0 aliphatic carbocycles. The van der Waals surface area contributed by atoms with Crippen LogP contribution in [0.25, 0.3) is 6.08 Å². The second-order valence-electron chi connectivity index (χ2n) is 2.99. The Balaban J connectivity index is 3.23. The molecule has 0 radical (unpaired) electrons. The molecule has 0 bridgehead atoms. The van der Waals surface area contributed by atoms with E-state index in [1.165, 1.54) is 25.3 Å². The average Bonchev–Trinajstić information content (AvgIpc) is 2.31. The highest BCUT2D eigenvalue weighted by molar-refractivity contribution is 6.37. The summed E-state index contributed by atoms with van der Waals surface area (Å²) in [6, 6.07) is 4.45. The van der Waals surface area contributed by atoms with Gasteiger partial charge in [-0.05, 0) is 23.8 Å². The van der Waals surface area contributed by atoms with Gasteiger partial charge in [-0.15, -0.1) is 0 Å². The second kappa shape index (κ2) is 5.58. The number of hydrogen-bond acceptors (Lipinski definition) is 4. The largest absolute Gasteiger partial charge is 0.505 e. The van der Waals surface area contributed by atoms with Crippen LogP contribution in [-0.4, -0.2) is 18.2 Å². The first-order valence-corrected chi connectivity index (χ1v) is 5.13. The summed E-state index contributed by atoms with van der Waals surface area (Å²) in [5.41, 5.74) is 0.227. The molecule has 0 spiro atoms.